The van der Waals surface area contributed by atoms with Crippen molar-refractivity contribution in [2.75, 3.05) is 13.1 Å². The molecule has 0 aromatic rings. The zero-order chi connectivity index (χ0) is 6.91. The van der Waals surface area contributed by atoms with E-state index in [4.69, 9.17) is 5.73 Å². The van der Waals surface area contributed by atoms with Crippen LogP contribution < -0.4 is 11.1 Å². The molecule has 9 heavy (non-hydrogen) atoms. The Morgan fingerprint density at radius 3 is 2.67 bits per heavy atom. The Hall–Kier alpha value is -0.0800. The van der Waals surface area contributed by atoms with Gasteiger partial charge in [-0.2, -0.15) is 0 Å². The van der Waals surface area contributed by atoms with Crippen LogP contribution in [0.1, 0.15) is 20.3 Å². The van der Waals surface area contributed by atoms with Gasteiger partial charge in [0.15, 0.2) is 0 Å². The molecular weight excluding hydrogens is 112 g/mol. The van der Waals surface area contributed by atoms with Crippen LogP contribution in [-0.4, -0.2) is 18.6 Å². The van der Waals surface area contributed by atoms with Gasteiger partial charge in [-0.1, -0.05) is 6.92 Å². The Kier molecular flexibility index (Phi) is 1.78. The standard InChI is InChI=1S/C7H16N2/c1-6-5-7(6,2)9-4-3-8/h6,9H,3-5,8H2,1-2H3. The van der Waals surface area contributed by atoms with Crippen LogP contribution in [0.5, 0.6) is 0 Å². The largest absolute Gasteiger partial charge is 0.329 e. The number of hydrogen-bond donors (Lipinski definition) is 2. The highest BCUT2D eigenvalue weighted by Crippen LogP contribution is 2.41. The fraction of sp³-hybridized carbons (Fsp3) is 1.00. The summed E-state index contributed by atoms with van der Waals surface area (Å²) in [5.74, 6) is 0.851. The van der Waals surface area contributed by atoms with E-state index in [0.29, 0.717) is 5.54 Å². The molecule has 0 bridgehead atoms. The average molecular weight is 128 g/mol. The molecule has 2 heteroatoms. The van der Waals surface area contributed by atoms with Gasteiger partial charge in [0.2, 0.25) is 0 Å². The van der Waals surface area contributed by atoms with Gasteiger partial charge in [-0.3, -0.25) is 0 Å². The molecule has 2 nitrogen and oxygen atoms in total. The van der Waals surface area contributed by atoms with Gasteiger partial charge in [0.1, 0.15) is 0 Å². The molecule has 1 aliphatic carbocycles. The summed E-state index contributed by atoms with van der Waals surface area (Å²) in [5.41, 5.74) is 5.78. The Morgan fingerprint density at radius 2 is 2.33 bits per heavy atom. The number of nitrogens with one attached hydrogen (secondary N) is 1. The van der Waals surface area contributed by atoms with Gasteiger partial charge in [-0.25, -0.2) is 0 Å². The molecule has 0 heterocycles. The third kappa shape index (κ3) is 1.43. The molecule has 54 valence electrons. The van der Waals surface area contributed by atoms with E-state index in [-0.39, 0.29) is 0 Å². The molecule has 0 aromatic heterocycles. The molecule has 3 N–H and O–H groups in total. The van der Waals surface area contributed by atoms with Crippen molar-refractivity contribution in [2.45, 2.75) is 25.8 Å². The van der Waals surface area contributed by atoms with E-state index in [1.807, 2.05) is 0 Å². The lowest BCUT2D eigenvalue weighted by atomic mass is 10.2. The predicted molar refractivity (Wildman–Crippen MR) is 39.2 cm³/mol. The van der Waals surface area contributed by atoms with Crippen LogP contribution in [0.4, 0.5) is 0 Å². The zero-order valence-corrected chi connectivity index (χ0v) is 6.28. The maximum atomic E-state index is 5.35. The van der Waals surface area contributed by atoms with Crippen molar-refractivity contribution in [3.63, 3.8) is 0 Å². The molecule has 1 rings (SSSR count). The van der Waals surface area contributed by atoms with E-state index in [1.165, 1.54) is 6.42 Å². The van der Waals surface area contributed by atoms with E-state index in [9.17, 15) is 0 Å². The summed E-state index contributed by atoms with van der Waals surface area (Å²) in [5, 5.41) is 3.41. The van der Waals surface area contributed by atoms with Gasteiger partial charge in [0.25, 0.3) is 0 Å². The third-order valence-corrected chi connectivity index (χ3v) is 2.33. The SMILES string of the molecule is CC1CC1(C)NCCN. The highest BCUT2D eigenvalue weighted by molar-refractivity contribution is 5.04. The highest BCUT2D eigenvalue weighted by atomic mass is 15.0. The predicted octanol–water partition coefficient (Wildman–Crippen LogP) is 0.333. The van der Waals surface area contributed by atoms with Crippen molar-refractivity contribution in [3.05, 3.63) is 0 Å². The number of hydrogen-bond acceptors (Lipinski definition) is 2. The maximum Gasteiger partial charge on any atom is 0.0183 e. The van der Waals surface area contributed by atoms with Crippen LogP contribution in [0, 0.1) is 5.92 Å². The van der Waals surface area contributed by atoms with E-state index in [1.54, 1.807) is 0 Å². The van der Waals surface area contributed by atoms with Crippen LogP contribution in [0.3, 0.4) is 0 Å². The van der Waals surface area contributed by atoms with E-state index >= 15 is 0 Å². The van der Waals surface area contributed by atoms with Crippen molar-refractivity contribution in [1.82, 2.24) is 5.32 Å². The minimum Gasteiger partial charge on any atom is -0.329 e. The van der Waals surface area contributed by atoms with Gasteiger partial charge in [-0.05, 0) is 19.3 Å². The van der Waals surface area contributed by atoms with Crippen LogP contribution in [-0.2, 0) is 0 Å². The topological polar surface area (TPSA) is 38.0 Å². The molecule has 0 saturated heterocycles. The first-order valence-corrected chi connectivity index (χ1v) is 3.64. The summed E-state index contributed by atoms with van der Waals surface area (Å²) in [7, 11) is 0. The maximum absolute atomic E-state index is 5.35. The summed E-state index contributed by atoms with van der Waals surface area (Å²) in [6, 6.07) is 0. The Bertz CT molecular complexity index is 103. The van der Waals surface area contributed by atoms with E-state index < -0.39 is 0 Å². The lowest BCUT2D eigenvalue weighted by molar-refractivity contribution is 0.511. The number of rotatable bonds is 3. The summed E-state index contributed by atoms with van der Waals surface area (Å²) in [4.78, 5) is 0. The van der Waals surface area contributed by atoms with Gasteiger partial charge in [-0.15, -0.1) is 0 Å². The molecule has 2 unspecified atom stereocenters. The molecule has 1 aliphatic rings. The van der Waals surface area contributed by atoms with Crippen molar-refractivity contribution in [3.8, 4) is 0 Å². The molecule has 0 aliphatic heterocycles. The Morgan fingerprint density at radius 1 is 1.78 bits per heavy atom. The van der Waals surface area contributed by atoms with Gasteiger partial charge >= 0.3 is 0 Å². The van der Waals surface area contributed by atoms with Gasteiger partial charge in [0, 0.05) is 18.6 Å². The van der Waals surface area contributed by atoms with Crippen molar-refractivity contribution in [1.29, 1.82) is 0 Å². The number of nitrogens with two attached hydrogens (primary N) is 1. The summed E-state index contributed by atoms with van der Waals surface area (Å²) >= 11 is 0. The second kappa shape index (κ2) is 2.27. The molecule has 1 fully saturated rings. The van der Waals surface area contributed by atoms with Gasteiger partial charge < -0.3 is 11.1 Å². The molecule has 1 saturated carbocycles. The van der Waals surface area contributed by atoms with E-state index in [0.717, 1.165) is 19.0 Å². The first-order valence-electron chi connectivity index (χ1n) is 3.64. The molecule has 0 aromatic carbocycles. The van der Waals surface area contributed by atoms with Gasteiger partial charge in [0.05, 0.1) is 0 Å². The quantitative estimate of drug-likeness (QED) is 0.575. The Labute approximate surface area is 56.8 Å². The molecule has 2 atom stereocenters. The first-order chi connectivity index (χ1) is 4.19. The smallest absolute Gasteiger partial charge is 0.0183 e. The van der Waals surface area contributed by atoms with Crippen LogP contribution in [0.15, 0.2) is 0 Å². The van der Waals surface area contributed by atoms with Crippen molar-refractivity contribution in [2.24, 2.45) is 11.7 Å². The minimum absolute atomic E-state index is 0.430. The Balaban J connectivity index is 2.13. The molecular formula is C7H16N2. The van der Waals surface area contributed by atoms with Crippen LogP contribution >= 0.6 is 0 Å². The lowest BCUT2D eigenvalue weighted by Gasteiger charge is -2.10. The third-order valence-electron chi connectivity index (χ3n) is 2.33. The molecule has 0 amide bonds. The monoisotopic (exact) mass is 128 g/mol. The summed E-state index contributed by atoms with van der Waals surface area (Å²) in [6.45, 7) is 6.24. The molecule has 0 radical (unpaired) electrons. The van der Waals surface area contributed by atoms with Crippen LogP contribution in [0.25, 0.3) is 0 Å². The fourth-order valence-corrected chi connectivity index (χ4v) is 1.18. The normalized spacial score (nSPS) is 41.0. The van der Waals surface area contributed by atoms with Crippen LogP contribution in [0.2, 0.25) is 0 Å². The second-order valence-electron chi connectivity index (χ2n) is 3.24. The van der Waals surface area contributed by atoms with Crippen molar-refractivity contribution < 1.29 is 0 Å². The van der Waals surface area contributed by atoms with E-state index in [2.05, 4.69) is 19.2 Å². The highest BCUT2D eigenvalue weighted by Gasteiger charge is 2.45. The summed E-state index contributed by atoms with van der Waals surface area (Å²) < 4.78 is 0. The second-order valence-corrected chi connectivity index (χ2v) is 3.24. The minimum atomic E-state index is 0.430. The van der Waals surface area contributed by atoms with Crippen molar-refractivity contribution >= 4 is 0 Å². The lowest BCUT2D eigenvalue weighted by Crippen LogP contribution is -2.34. The zero-order valence-electron chi connectivity index (χ0n) is 6.28. The summed E-state index contributed by atoms with van der Waals surface area (Å²) in [6.07, 6.45) is 1.31. The fourth-order valence-electron chi connectivity index (χ4n) is 1.18. The first kappa shape index (κ1) is 7.03. The average Bonchev–Trinajstić information content (AvgIpc) is 2.38. The molecule has 0 spiro atoms.